The maximum absolute atomic E-state index is 13.0. The van der Waals surface area contributed by atoms with Gasteiger partial charge in [0.15, 0.2) is 11.9 Å². The van der Waals surface area contributed by atoms with Crippen molar-refractivity contribution in [1.82, 2.24) is 0 Å². The molecule has 0 saturated carbocycles. The fourth-order valence-corrected chi connectivity index (χ4v) is 2.68. The summed E-state index contributed by atoms with van der Waals surface area (Å²) in [4.78, 5) is 24.8. The van der Waals surface area contributed by atoms with E-state index in [-0.39, 0.29) is 11.2 Å². The summed E-state index contributed by atoms with van der Waals surface area (Å²) in [5.41, 5.74) is 2.91. The van der Waals surface area contributed by atoms with Crippen LogP contribution in [-0.2, 0) is 9.53 Å². The van der Waals surface area contributed by atoms with Gasteiger partial charge in [0.2, 0.25) is 11.2 Å². The van der Waals surface area contributed by atoms with E-state index in [1.54, 1.807) is 6.07 Å². The van der Waals surface area contributed by atoms with Gasteiger partial charge in [-0.15, -0.1) is 0 Å². The summed E-state index contributed by atoms with van der Waals surface area (Å²) in [6.45, 7) is 5.43. The molecule has 134 valence electrons. The van der Waals surface area contributed by atoms with Crippen LogP contribution in [-0.4, -0.2) is 19.2 Å². The maximum atomic E-state index is 13.0. The Morgan fingerprint density at radius 2 is 1.69 bits per heavy atom. The third-order valence-corrected chi connectivity index (χ3v) is 4.15. The van der Waals surface area contributed by atoms with Crippen LogP contribution in [0.15, 0.2) is 51.7 Å². The number of methoxy groups -OCH3 is 1. The minimum absolute atomic E-state index is 0.00288. The van der Waals surface area contributed by atoms with Gasteiger partial charge in [-0.1, -0.05) is 35.9 Å². The largest absolute Gasteiger partial charge is 0.471 e. The predicted octanol–water partition coefficient (Wildman–Crippen LogP) is 4.02. The number of hydrogen-bond acceptors (Lipinski definition) is 5. The molecule has 0 aliphatic heterocycles. The van der Waals surface area contributed by atoms with Crippen LogP contribution >= 0.6 is 0 Å². The van der Waals surface area contributed by atoms with Crippen molar-refractivity contribution in [1.29, 1.82) is 0 Å². The van der Waals surface area contributed by atoms with Crippen molar-refractivity contribution in [2.45, 2.75) is 26.9 Å². The lowest BCUT2D eigenvalue weighted by atomic mass is 10.1. The molecule has 26 heavy (non-hydrogen) atoms. The minimum atomic E-state index is -0.935. The van der Waals surface area contributed by atoms with E-state index in [9.17, 15) is 9.59 Å². The molecule has 1 aromatic heterocycles. The van der Waals surface area contributed by atoms with E-state index < -0.39 is 12.1 Å². The lowest BCUT2D eigenvalue weighted by molar-refractivity contribution is -0.147. The Hall–Kier alpha value is -3.08. The van der Waals surface area contributed by atoms with Gasteiger partial charge in [-0.3, -0.25) is 4.79 Å². The zero-order valence-electron chi connectivity index (χ0n) is 15.2. The molecule has 0 aliphatic carbocycles. The van der Waals surface area contributed by atoms with Crippen LogP contribution < -0.4 is 10.2 Å². The Balaban J connectivity index is 2.25. The Morgan fingerprint density at radius 1 is 1.04 bits per heavy atom. The SMILES string of the molecule is COC(=O)[C@H](C)Oc1c(-c2ccc(C)cc2)oc2cc(C)ccc2c1=O. The zero-order chi connectivity index (χ0) is 18.8. The number of ether oxygens (including phenoxy) is 2. The number of carbonyl (C=O) groups is 1. The molecule has 3 rings (SSSR count). The highest BCUT2D eigenvalue weighted by atomic mass is 16.6. The van der Waals surface area contributed by atoms with Gasteiger partial charge in [-0.2, -0.15) is 0 Å². The van der Waals surface area contributed by atoms with Gasteiger partial charge in [-0.05, 0) is 38.5 Å². The number of carbonyl (C=O) groups excluding carboxylic acids is 1. The van der Waals surface area contributed by atoms with E-state index in [2.05, 4.69) is 0 Å². The van der Waals surface area contributed by atoms with Crippen LogP contribution in [0.1, 0.15) is 18.1 Å². The zero-order valence-corrected chi connectivity index (χ0v) is 15.2. The summed E-state index contributed by atoms with van der Waals surface area (Å²) in [6.07, 6.45) is -0.935. The van der Waals surface area contributed by atoms with Crippen molar-refractivity contribution in [3.8, 4) is 17.1 Å². The van der Waals surface area contributed by atoms with Crippen molar-refractivity contribution in [3.05, 3.63) is 63.8 Å². The van der Waals surface area contributed by atoms with Crippen LogP contribution in [0.3, 0.4) is 0 Å². The summed E-state index contributed by atoms with van der Waals surface area (Å²) < 4.78 is 16.4. The van der Waals surface area contributed by atoms with Gasteiger partial charge in [0.1, 0.15) is 5.58 Å². The van der Waals surface area contributed by atoms with E-state index >= 15 is 0 Å². The number of esters is 1. The van der Waals surface area contributed by atoms with E-state index in [1.807, 2.05) is 50.2 Å². The first-order valence-electron chi connectivity index (χ1n) is 8.29. The third-order valence-electron chi connectivity index (χ3n) is 4.15. The monoisotopic (exact) mass is 352 g/mol. The molecule has 0 unspecified atom stereocenters. The second-order valence-corrected chi connectivity index (χ2v) is 6.24. The summed E-state index contributed by atoms with van der Waals surface area (Å²) in [5.74, 6) is -0.268. The highest BCUT2D eigenvalue weighted by Crippen LogP contribution is 2.32. The molecule has 0 N–H and O–H groups in total. The van der Waals surface area contributed by atoms with Crippen LogP contribution in [0.5, 0.6) is 5.75 Å². The number of aryl methyl sites for hydroxylation is 2. The summed E-state index contributed by atoms with van der Waals surface area (Å²) in [5, 5.41) is 0.401. The fraction of sp³-hybridized carbons (Fsp3) is 0.238. The lowest BCUT2D eigenvalue weighted by Gasteiger charge is -2.15. The average molecular weight is 352 g/mol. The molecule has 0 amide bonds. The van der Waals surface area contributed by atoms with Gasteiger partial charge in [0, 0.05) is 5.56 Å². The summed E-state index contributed by atoms with van der Waals surface area (Å²) in [7, 11) is 1.27. The number of benzene rings is 2. The van der Waals surface area contributed by atoms with Crippen LogP contribution in [0, 0.1) is 13.8 Å². The number of rotatable bonds is 4. The first-order chi connectivity index (χ1) is 12.4. The summed E-state index contributed by atoms with van der Waals surface area (Å²) >= 11 is 0. The standard InChI is InChI=1S/C21H20O5/c1-12-5-8-15(9-6-12)19-20(25-14(3)21(23)24-4)18(22)16-10-7-13(2)11-17(16)26-19/h5-11,14H,1-4H3/t14-/m0/s1. The van der Waals surface area contributed by atoms with Gasteiger partial charge in [0.05, 0.1) is 12.5 Å². The quantitative estimate of drug-likeness (QED) is 0.664. The molecule has 0 fully saturated rings. The average Bonchev–Trinajstić information content (AvgIpc) is 2.63. The maximum Gasteiger partial charge on any atom is 0.346 e. The molecule has 2 aromatic carbocycles. The Bertz CT molecular complexity index is 1010. The van der Waals surface area contributed by atoms with Gasteiger partial charge in [0.25, 0.3) is 0 Å². The highest BCUT2D eigenvalue weighted by Gasteiger charge is 2.23. The Labute approximate surface area is 151 Å². The smallest absolute Gasteiger partial charge is 0.346 e. The van der Waals surface area contributed by atoms with Gasteiger partial charge < -0.3 is 13.9 Å². The van der Waals surface area contributed by atoms with Crippen molar-refractivity contribution in [3.63, 3.8) is 0 Å². The minimum Gasteiger partial charge on any atom is -0.471 e. The molecule has 0 aliphatic rings. The first kappa shape index (κ1) is 17.7. The van der Waals surface area contributed by atoms with Crippen LogP contribution in [0.4, 0.5) is 0 Å². The fourth-order valence-electron chi connectivity index (χ4n) is 2.68. The Morgan fingerprint density at radius 3 is 2.35 bits per heavy atom. The molecular weight excluding hydrogens is 332 g/mol. The van der Waals surface area contributed by atoms with E-state index in [0.29, 0.717) is 22.3 Å². The number of fused-ring (bicyclic) bond motifs is 1. The molecule has 0 spiro atoms. The third kappa shape index (κ3) is 3.33. The van der Waals surface area contributed by atoms with E-state index in [1.165, 1.54) is 14.0 Å². The Kier molecular flexibility index (Phi) is 4.80. The van der Waals surface area contributed by atoms with Crippen molar-refractivity contribution >= 4 is 16.9 Å². The normalized spacial score (nSPS) is 12.0. The molecular formula is C21H20O5. The highest BCUT2D eigenvalue weighted by molar-refractivity contribution is 5.83. The number of hydrogen-bond donors (Lipinski definition) is 0. The molecule has 0 saturated heterocycles. The topological polar surface area (TPSA) is 65.7 Å². The van der Waals surface area contributed by atoms with Gasteiger partial charge >= 0.3 is 5.97 Å². The van der Waals surface area contributed by atoms with E-state index in [4.69, 9.17) is 13.9 Å². The van der Waals surface area contributed by atoms with Crippen LogP contribution in [0.2, 0.25) is 0 Å². The van der Waals surface area contributed by atoms with Crippen molar-refractivity contribution < 1.29 is 18.7 Å². The molecule has 0 bridgehead atoms. The molecule has 1 heterocycles. The lowest BCUT2D eigenvalue weighted by Crippen LogP contribution is -2.27. The molecule has 1 atom stereocenters. The predicted molar refractivity (Wildman–Crippen MR) is 99.5 cm³/mol. The molecule has 5 heteroatoms. The van der Waals surface area contributed by atoms with Gasteiger partial charge in [-0.25, -0.2) is 4.79 Å². The second kappa shape index (κ2) is 7.04. The molecule has 0 radical (unpaired) electrons. The van der Waals surface area contributed by atoms with Crippen molar-refractivity contribution in [2.24, 2.45) is 0 Å². The summed E-state index contributed by atoms with van der Waals surface area (Å²) in [6, 6.07) is 12.9. The first-order valence-corrected chi connectivity index (χ1v) is 8.29. The molecule has 3 aromatic rings. The second-order valence-electron chi connectivity index (χ2n) is 6.24. The van der Waals surface area contributed by atoms with Crippen molar-refractivity contribution in [2.75, 3.05) is 7.11 Å². The molecule has 5 nitrogen and oxygen atoms in total. The van der Waals surface area contributed by atoms with E-state index in [0.717, 1.165) is 11.1 Å². The van der Waals surface area contributed by atoms with Crippen LogP contribution in [0.25, 0.3) is 22.3 Å².